The Labute approximate surface area is 108 Å². The highest BCUT2D eigenvalue weighted by atomic mass is 16.7. The fraction of sp³-hybridized carbons (Fsp3) is 0.500. The standard InChI is InChI=1S/C14H20O4/c1-14(16-2,17-3)10-7-11-18-13(15)12-8-5-4-6-9-12/h4-6,8-9H,7,10-11H2,1-3H3. The molecule has 1 rings (SSSR count). The third kappa shape index (κ3) is 4.47. The first-order valence-electron chi connectivity index (χ1n) is 5.94. The van der Waals surface area contributed by atoms with Gasteiger partial charge in [-0.3, -0.25) is 0 Å². The van der Waals surface area contributed by atoms with Crippen molar-refractivity contribution < 1.29 is 19.0 Å². The molecular formula is C14H20O4. The largest absolute Gasteiger partial charge is 0.462 e. The maximum atomic E-state index is 11.6. The lowest BCUT2D eigenvalue weighted by atomic mass is 10.2. The van der Waals surface area contributed by atoms with Crippen LogP contribution in [-0.4, -0.2) is 32.6 Å². The molecule has 0 saturated heterocycles. The lowest BCUT2D eigenvalue weighted by Crippen LogP contribution is -2.29. The van der Waals surface area contributed by atoms with Crippen LogP contribution >= 0.6 is 0 Å². The van der Waals surface area contributed by atoms with E-state index in [1.54, 1.807) is 26.4 Å². The first-order chi connectivity index (χ1) is 8.61. The monoisotopic (exact) mass is 252 g/mol. The minimum Gasteiger partial charge on any atom is -0.462 e. The fourth-order valence-electron chi connectivity index (χ4n) is 1.50. The van der Waals surface area contributed by atoms with Crippen LogP contribution in [0.1, 0.15) is 30.1 Å². The van der Waals surface area contributed by atoms with Gasteiger partial charge in [0.05, 0.1) is 12.2 Å². The van der Waals surface area contributed by atoms with E-state index >= 15 is 0 Å². The van der Waals surface area contributed by atoms with E-state index in [4.69, 9.17) is 14.2 Å². The van der Waals surface area contributed by atoms with Gasteiger partial charge in [0.15, 0.2) is 5.79 Å². The van der Waals surface area contributed by atoms with Crippen molar-refractivity contribution >= 4 is 5.97 Å². The Hall–Kier alpha value is -1.39. The molecule has 0 fully saturated rings. The number of carbonyl (C=O) groups excluding carboxylic acids is 1. The van der Waals surface area contributed by atoms with Gasteiger partial charge in [0, 0.05) is 20.6 Å². The summed E-state index contributed by atoms with van der Waals surface area (Å²) in [6, 6.07) is 8.94. The molecule has 0 spiro atoms. The SMILES string of the molecule is COC(C)(CCCOC(=O)c1ccccc1)OC. The van der Waals surface area contributed by atoms with Gasteiger partial charge in [0.2, 0.25) is 0 Å². The topological polar surface area (TPSA) is 44.8 Å². The van der Waals surface area contributed by atoms with Crippen molar-refractivity contribution in [1.82, 2.24) is 0 Å². The first-order valence-corrected chi connectivity index (χ1v) is 5.94. The van der Waals surface area contributed by atoms with Gasteiger partial charge >= 0.3 is 5.97 Å². The van der Waals surface area contributed by atoms with Crippen molar-refractivity contribution in [2.45, 2.75) is 25.6 Å². The smallest absolute Gasteiger partial charge is 0.338 e. The zero-order valence-electron chi connectivity index (χ0n) is 11.1. The molecule has 0 unspecified atom stereocenters. The molecule has 0 amide bonds. The Morgan fingerprint density at radius 1 is 1.17 bits per heavy atom. The fourth-order valence-corrected chi connectivity index (χ4v) is 1.50. The van der Waals surface area contributed by atoms with Crippen LogP contribution in [-0.2, 0) is 14.2 Å². The van der Waals surface area contributed by atoms with E-state index in [-0.39, 0.29) is 5.97 Å². The molecule has 0 atom stereocenters. The molecule has 0 radical (unpaired) electrons. The molecule has 18 heavy (non-hydrogen) atoms. The third-order valence-corrected chi connectivity index (χ3v) is 2.88. The minimum absolute atomic E-state index is 0.299. The Balaban J connectivity index is 2.29. The third-order valence-electron chi connectivity index (χ3n) is 2.88. The molecule has 0 bridgehead atoms. The Kier molecular flexibility index (Phi) is 5.82. The van der Waals surface area contributed by atoms with Crippen LogP contribution in [0.2, 0.25) is 0 Å². The maximum absolute atomic E-state index is 11.6. The van der Waals surface area contributed by atoms with Crippen molar-refractivity contribution in [1.29, 1.82) is 0 Å². The van der Waals surface area contributed by atoms with Crippen LogP contribution in [0.4, 0.5) is 0 Å². The number of benzene rings is 1. The molecule has 0 aliphatic carbocycles. The van der Waals surface area contributed by atoms with Crippen molar-refractivity contribution in [2.24, 2.45) is 0 Å². The number of esters is 1. The van der Waals surface area contributed by atoms with Gasteiger partial charge in [-0.15, -0.1) is 0 Å². The van der Waals surface area contributed by atoms with E-state index in [0.717, 1.165) is 0 Å². The highest BCUT2D eigenvalue weighted by molar-refractivity contribution is 5.89. The quantitative estimate of drug-likeness (QED) is 0.425. The molecule has 0 heterocycles. The van der Waals surface area contributed by atoms with Gasteiger partial charge in [-0.05, 0) is 25.5 Å². The molecule has 1 aromatic carbocycles. The van der Waals surface area contributed by atoms with Crippen LogP contribution in [0, 0.1) is 0 Å². The van der Waals surface area contributed by atoms with E-state index in [1.165, 1.54) is 0 Å². The molecular weight excluding hydrogens is 232 g/mol. The highest BCUT2D eigenvalue weighted by Crippen LogP contribution is 2.17. The summed E-state index contributed by atoms with van der Waals surface area (Å²) in [5, 5.41) is 0. The summed E-state index contributed by atoms with van der Waals surface area (Å²) in [5.41, 5.74) is 0.568. The zero-order chi connectivity index (χ0) is 13.4. The van der Waals surface area contributed by atoms with Gasteiger partial charge in [-0.25, -0.2) is 4.79 Å². The average molecular weight is 252 g/mol. The van der Waals surface area contributed by atoms with E-state index < -0.39 is 5.79 Å². The van der Waals surface area contributed by atoms with Crippen molar-refractivity contribution in [2.75, 3.05) is 20.8 Å². The molecule has 4 heteroatoms. The Bertz CT molecular complexity index is 357. The molecule has 0 aliphatic rings. The van der Waals surface area contributed by atoms with Crippen molar-refractivity contribution in [3.63, 3.8) is 0 Å². The second-order valence-electron chi connectivity index (χ2n) is 4.15. The second-order valence-corrected chi connectivity index (χ2v) is 4.15. The van der Waals surface area contributed by atoms with Crippen LogP contribution in [0.5, 0.6) is 0 Å². The molecule has 0 saturated carbocycles. The molecule has 100 valence electrons. The summed E-state index contributed by atoms with van der Waals surface area (Å²) in [6.07, 6.45) is 1.36. The molecule has 0 aromatic heterocycles. The Morgan fingerprint density at radius 2 is 1.78 bits per heavy atom. The van der Waals surface area contributed by atoms with Crippen LogP contribution in [0.15, 0.2) is 30.3 Å². The number of ether oxygens (including phenoxy) is 3. The van der Waals surface area contributed by atoms with E-state index in [2.05, 4.69) is 0 Å². The molecule has 1 aromatic rings. The highest BCUT2D eigenvalue weighted by Gasteiger charge is 2.21. The van der Waals surface area contributed by atoms with Crippen molar-refractivity contribution in [3.8, 4) is 0 Å². The van der Waals surface area contributed by atoms with Gasteiger partial charge < -0.3 is 14.2 Å². The van der Waals surface area contributed by atoms with E-state index in [1.807, 2.05) is 25.1 Å². The second kappa shape index (κ2) is 7.13. The van der Waals surface area contributed by atoms with E-state index in [0.29, 0.717) is 25.0 Å². The molecule has 0 N–H and O–H groups in total. The van der Waals surface area contributed by atoms with Crippen LogP contribution < -0.4 is 0 Å². The number of methoxy groups -OCH3 is 2. The van der Waals surface area contributed by atoms with Gasteiger partial charge in [-0.1, -0.05) is 18.2 Å². The minimum atomic E-state index is -0.612. The normalized spacial score (nSPS) is 11.3. The van der Waals surface area contributed by atoms with Gasteiger partial charge in [0.25, 0.3) is 0 Å². The number of rotatable bonds is 7. The number of hydrogen-bond donors (Lipinski definition) is 0. The summed E-state index contributed by atoms with van der Waals surface area (Å²) in [5.74, 6) is -0.911. The van der Waals surface area contributed by atoms with Crippen molar-refractivity contribution in [3.05, 3.63) is 35.9 Å². The number of carbonyl (C=O) groups is 1. The van der Waals surface area contributed by atoms with Gasteiger partial charge in [-0.2, -0.15) is 0 Å². The first kappa shape index (κ1) is 14.7. The van der Waals surface area contributed by atoms with Crippen LogP contribution in [0.3, 0.4) is 0 Å². The molecule has 0 aliphatic heterocycles. The van der Waals surface area contributed by atoms with E-state index in [9.17, 15) is 4.79 Å². The number of hydrogen-bond acceptors (Lipinski definition) is 4. The maximum Gasteiger partial charge on any atom is 0.338 e. The summed E-state index contributed by atoms with van der Waals surface area (Å²) in [6.45, 7) is 2.21. The summed E-state index contributed by atoms with van der Waals surface area (Å²) >= 11 is 0. The summed E-state index contributed by atoms with van der Waals surface area (Å²) < 4.78 is 15.6. The predicted molar refractivity (Wildman–Crippen MR) is 68.4 cm³/mol. The summed E-state index contributed by atoms with van der Waals surface area (Å²) in [7, 11) is 3.19. The predicted octanol–water partition coefficient (Wildman–Crippen LogP) is 2.63. The van der Waals surface area contributed by atoms with Gasteiger partial charge in [0.1, 0.15) is 0 Å². The lowest BCUT2D eigenvalue weighted by molar-refractivity contribution is -0.198. The lowest BCUT2D eigenvalue weighted by Gasteiger charge is -2.26. The average Bonchev–Trinajstić information content (AvgIpc) is 2.44. The molecule has 4 nitrogen and oxygen atoms in total. The Morgan fingerprint density at radius 3 is 2.33 bits per heavy atom. The van der Waals surface area contributed by atoms with Crippen LogP contribution in [0.25, 0.3) is 0 Å². The zero-order valence-corrected chi connectivity index (χ0v) is 11.1. The summed E-state index contributed by atoms with van der Waals surface area (Å²) in [4.78, 5) is 11.6.